The van der Waals surface area contributed by atoms with Crippen LogP contribution in [0.25, 0.3) is 0 Å². The van der Waals surface area contributed by atoms with E-state index in [1.165, 1.54) is 19.3 Å². The highest BCUT2D eigenvalue weighted by molar-refractivity contribution is 7.98. The van der Waals surface area contributed by atoms with Crippen molar-refractivity contribution in [1.29, 1.82) is 0 Å². The largest absolute Gasteiger partial charge is 0.417 e. The molecule has 0 aliphatic heterocycles. The van der Waals surface area contributed by atoms with Gasteiger partial charge in [-0.25, -0.2) is 0 Å². The van der Waals surface area contributed by atoms with E-state index in [1.807, 2.05) is 0 Å². The van der Waals surface area contributed by atoms with Gasteiger partial charge in [-0.2, -0.15) is 13.2 Å². The van der Waals surface area contributed by atoms with Gasteiger partial charge in [0.25, 0.3) is 0 Å². The molecule has 0 atom stereocenters. The van der Waals surface area contributed by atoms with Gasteiger partial charge in [-0.1, -0.05) is 6.07 Å². The molecule has 0 aliphatic rings. The van der Waals surface area contributed by atoms with Crippen LogP contribution in [0.2, 0.25) is 0 Å². The van der Waals surface area contributed by atoms with Gasteiger partial charge in [0.05, 0.1) is 5.56 Å². The van der Waals surface area contributed by atoms with E-state index in [0.717, 1.165) is 17.8 Å². The third-order valence-corrected chi connectivity index (χ3v) is 2.60. The molecule has 82 valence electrons. The van der Waals surface area contributed by atoms with Gasteiger partial charge in [-0.05, 0) is 24.0 Å². The van der Waals surface area contributed by atoms with E-state index in [1.54, 1.807) is 12.3 Å². The standard InChI is InChI=1S/C10H10F3NS/c1-14-6-7-3-4-9(15-2)8(5-7)10(11,12)13/h3-6H,1-2H3. The van der Waals surface area contributed by atoms with Gasteiger partial charge in [0.1, 0.15) is 0 Å². The minimum atomic E-state index is -4.31. The summed E-state index contributed by atoms with van der Waals surface area (Å²) >= 11 is 1.08. The van der Waals surface area contributed by atoms with Crippen LogP contribution in [0.3, 0.4) is 0 Å². The molecular formula is C10H10F3NS. The summed E-state index contributed by atoms with van der Waals surface area (Å²) in [6.45, 7) is 0. The maximum Gasteiger partial charge on any atom is 0.417 e. The van der Waals surface area contributed by atoms with E-state index in [9.17, 15) is 13.2 Å². The molecule has 0 bridgehead atoms. The quantitative estimate of drug-likeness (QED) is 0.562. The molecule has 15 heavy (non-hydrogen) atoms. The summed E-state index contributed by atoms with van der Waals surface area (Å²) in [5.41, 5.74) is -0.143. The highest BCUT2D eigenvalue weighted by Crippen LogP contribution is 2.36. The third kappa shape index (κ3) is 2.99. The average Bonchev–Trinajstić information content (AvgIpc) is 2.17. The van der Waals surface area contributed by atoms with Crippen LogP contribution < -0.4 is 0 Å². The van der Waals surface area contributed by atoms with Crippen LogP contribution in [0, 0.1) is 0 Å². The molecule has 0 heterocycles. The smallest absolute Gasteiger partial charge is 0.296 e. The van der Waals surface area contributed by atoms with Crippen LogP contribution in [0.4, 0.5) is 13.2 Å². The molecule has 1 rings (SSSR count). The Morgan fingerprint density at radius 3 is 2.47 bits per heavy atom. The molecule has 1 aromatic rings. The molecule has 1 aromatic carbocycles. The van der Waals surface area contributed by atoms with Crippen molar-refractivity contribution in [3.8, 4) is 0 Å². The van der Waals surface area contributed by atoms with Gasteiger partial charge in [-0.15, -0.1) is 11.8 Å². The molecule has 0 aromatic heterocycles. The van der Waals surface area contributed by atoms with E-state index in [-0.39, 0.29) is 4.90 Å². The van der Waals surface area contributed by atoms with E-state index < -0.39 is 11.7 Å². The van der Waals surface area contributed by atoms with Crippen molar-refractivity contribution in [3.05, 3.63) is 29.3 Å². The number of halogens is 3. The molecular weight excluding hydrogens is 223 g/mol. The summed E-state index contributed by atoms with van der Waals surface area (Å²) in [7, 11) is 1.52. The number of benzene rings is 1. The summed E-state index contributed by atoms with van der Waals surface area (Å²) in [5.74, 6) is 0. The summed E-state index contributed by atoms with van der Waals surface area (Å²) in [5, 5.41) is 0. The molecule has 5 heteroatoms. The third-order valence-electron chi connectivity index (χ3n) is 1.81. The lowest BCUT2D eigenvalue weighted by Gasteiger charge is -2.11. The van der Waals surface area contributed by atoms with Gasteiger partial charge in [-0.3, -0.25) is 4.99 Å². The van der Waals surface area contributed by atoms with Crippen LogP contribution in [0.1, 0.15) is 11.1 Å². The van der Waals surface area contributed by atoms with E-state index >= 15 is 0 Å². The van der Waals surface area contributed by atoms with Crippen LogP contribution in [-0.4, -0.2) is 19.5 Å². The molecule has 0 spiro atoms. The zero-order valence-corrected chi connectivity index (χ0v) is 9.12. The summed E-state index contributed by atoms with van der Waals surface area (Å²) in [6, 6.07) is 4.19. The first-order valence-electron chi connectivity index (χ1n) is 4.16. The molecule has 0 radical (unpaired) electrons. The lowest BCUT2D eigenvalue weighted by atomic mass is 10.1. The zero-order valence-electron chi connectivity index (χ0n) is 8.30. The van der Waals surface area contributed by atoms with Crippen LogP contribution in [-0.2, 0) is 6.18 Å². The lowest BCUT2D eigenvalue weighted by Crippen LogP contribution is -2.07. The Morgan fingerprint density at radius 2 is 2.00 bits per heavy atom. The minimum Gasteiger partial charge on any atom is -0.296 e. The summed E-state index contributed by atoms with van der Waals surface area (Å²) in [6.07, 6.45) is -1.28. The Labute approximate surface area is 90.4 Å². The van der Waals surface area contributed by atoms with E-state index in [2.05, 4.69) is 4.99 Å². The number of hydrogen-bond donors (Lipinski definition) is 0. The van der Waals surface area contributed by atoms with Crippen molar-refractivity contribution in [2.24, 2.45) is 4.99 Å². The maximum atomic E-state index is 12.6. The topological polar surface area (TPSA) is 12.4 Å². The normalized spacial score (nSPS) is 12.3. The number of thioether (sulfide) groups is 1. The number of nitrogens with zero attached hydrogens (tertiary/aromatic N) is 1. The number of hydrogen-bond acceptors (Lipinski definition) is 2. The minimum absolute atomic E-state index is 0.232. The van der Waals surface area contributed by atoms with Crippen LogP contribution in [0.15, 0.2) is 28.1 Å². The van der Waals surface area contributed by atoms with Crippen LogP contribution in [0.5, 0.6) is 0 Å². The molecule has 0 aliphatic carbocycles. The lowest BCUT2D eigenvalue weighted by molar-refractivity contribution is -0.139. The fraction of sp³-hybridized carbons (Fsp3) is 0.300. The summed E-state index contributed by atoms with van der Waals surface area (Å²) in [4.78, 5) is 3.92. The predicted molar refractivity (Wildman–Crippen MR) is 56.7 cm³/mol. The summed E-state index contributed by atoms with van der Waals surface area (Å²) < 4.78 is 37.8. The monoisotopic (exact) mass is 233 g/mol. The van der Waals surface area contributed by atoms with Crippen molar-refractivity contribution >= 4 is 18.0 Å². The van der Waals surface area contributed by atoms with E-state index in [0.29, 0.717) is 5.56 Å². The Kier molecular flexibility index (Phi) is 3.79. The number of rotatable bonds is 2. The van der Waals surface area contributed by atoms with Gasteiger partial charge in [0.2, 0.25) is 0 Å². The Morgan fingerprint density at radius 1 is 1.33 bits per heavy atom. The zero-order chi connectivity index (χ0) is 11.5. The average molecular weight is 233 g/mol. The highest BCUT2D eigenvalue weighted by Gasteiger charge is 2.33. The molecule has 0 saturated carbocycles. The van der Waals surface area contributed by atoms with E-state index in [4.69, 9.17) is 0 Å². The second-order valence-corrected chi connectivity index (χ2v) is 3.69. The Hall–Kier alpha value is -0.970. The van der Waals surface area contributed by atoms with Gasteiger partial charge < -0.3 is 0 Å². The van der Waals surface area contributed by atoms with Gasteiger partial charge in [0.15, 0.2) is 0 Å². The SMILES string of the molecule is CN=Cc1ccc(SC)c(C(F)(F)F)c1. The fourth-order valence-electron chi connectivity index (χ4n) is 1.18. The number of aliphatic imine (C=N–C) groups is 1. The van der Waals surface area contributed by atoms with Crippen molar-refractivity contribution in [3.63, 3.8) is 0 Å². The van der Waals surface area contributed by atoms with Crippen molar-refractivity contribution < 1.29 is 13.2 Å². The molecule has 0 saturated heterocycles. The Balaban J connectivity index is 3.25. The second kappa shape index (κ2) is 4.70. The first-order valence-corrected chi connectivity index (χ1v) is 5.39. The maximum absolute atomic E-state index is 12.6. The molecule has 0 fully saturated rings. The highest BCUT2D eigenvalue weighted by atomic mass is 32.2. The van der Waals surface area contributed by atoms with Crippen molar-refractivity contribution in [1.82, 2.24) is 0 Å². The molecule has 1 nitrogen and oxygen atoms in total. The Bertz CT molecular complexity index is 371. The number of alkyl halides is 3. The first-order chi connectivity index (χ1) is 6.99. The van der Waals surface area contributed by atoms with Crippen LogP contribution >= 0.6 is 11.8 Å². The predicted octanol–water partition coefficient (Wildman–Crippen LogP) is 3.48. The van der Waals surface area contributed by atoms with Crippen molar-refractivity contribution in [2.75, 3.05) is 13.3 Å². The molecule has 0 unspecified atom stereocenters. The van der Waals surface area contributed by atoms with Crippen molar-refractivity contribution in [2.45, 2.75) is 11.1 Å². The molecule has 0 N–H and O–H groups in total. The fourth-order valence-corrected chi connectivity index (χ4v) is 1.78. The molecule has 0 amide bonds. The van der Waals surface area contributed by atoms with Gasteiger partial charge in [0, 0.05) is 18.2 Å². The second-order valence-electron chi connectivity index (χ2n) is 2.84. The first kappa shape index (κ1) is 12.1. The van der Waals surface area contributed by atoms with Gasteiger partial charge >= 0.3 is 6.18 Å².